The number of amides is 3. The summed E-state index contributed by atoms with van der Waals surface area (Å²) in [6, 6.07) is 2.92. The molecule has 0 saturated carbocycles. The van der Waals surface area contributed by atoms with E-state index in [1.807, 2.05) is 6.07 Å². The van der Waals surface area contributed by atoms with Crippen LogP contribution in [-0.4, -0.2) is 53.5 Å². The SMILES string of the molecule is O=C1CCC(N2Cc3cc(CN[C@@H]4CCN[C@H](C(F)(F)F)C4)ccc3C2=O)C(=O)N1. The molecule has 2 saturated heterocycles. The maximum atomic E-state index is 12.9. The second-order valence-electron chi connectivity index (χ2n) is 8.04. The summed E-state index contributed by atoms with van der Waals surface area (Å²) in [7, 11) is 0. The molecule has 162 valence electrons. The van der Waals surface area contributed by atoms with E-state index in [0.717, 1.165) is 11.1 Å². The average molecular weight is 424 g/mol. The number of halogens is 3. The zero-order chi connectivity index (χ0) is 21.5. The lowest BCUT2D eigenvalue weighted by Crippen LogP contribution is -2.52. The third kappa shape index (κ3) is 4.20. The molecule has 0 spiro atoms. The van der Waals surface area contributed by atoms with Crippen LogP contribution in [0.5, 0.6) is 0 Å². The molecule has 0 bridgehead atoms. The highest BCUT2D eigenvalue weighted by Crippen LogP contribution is 2.29. The van der Waals surface area contributed by atoms with Gasteiger partial charge >= 0.3 is 6.18 Å². The summed E-state index contributed by atoms with van der Waals surface area (Å²) in [5.41, 5.74) is 2.17. The summed E-state index contributed by atoms with van der Waals surface area (Å²) in [6.07, 6.45) is -3.17. The summed E-state index contributed by atoms with van der Waals surface area (Å²) in [4.78, 5) is 37.6. The summed E-state index contributed by atoms with van der Waals surface area (Å²) < 4.78 is 38.8. The van der Waals surface area contributed by atoms with Gasteiger partial charge < -0.3 is 15.5 Å². The molecule has 3 aliphatic heterocycles. The maximum Gasteiger partial charge on any atom is 0.403 e. The van der Waals surface area contributed by atoms with Crippen LogP contribution in [0.2, 0.25) is 0 Å². The summed E-state index contributed by atoms with van der Waals surface area (Å²) in [6.45, 7) is 0.981. The Labute approximate surface area is 171 Å². The van der Waals surface area contributed by atoms with E-state index in [9.17, 15) is 27.6 Å². The highest BCUT2D eigenvalue weighted by atomic mass is 19.4. The first-order chi connectivity index (χ1) is 14.2. The molecule has 1 aromatic rings. The Morgan fingerprint density at radius 2 is 1.97 bits per heavy atom. The van der Waals surface area contributed by atoms with Crippen molar-refractivity contribution in [2.45, 2.75) is 63.1 Å². The number of nitrogens with one attached hydrogen (secondary N) is 3. The standard InChI is InChI=1S/C20H23F3N4O3/c21-20(22,23)16-8-13(5-6-24-16)25-9-11-1-2-14-12(7-11)10-27(19(14)30)15-3-4-17(28)26-18(15)29/h1-2,7,13,15-16,24-25H,3-6,8-10H2,(H,26,28,29)/t13-,15?,16+/m1/s1. The largest absolute Gasteiger partial charge is 0.403 e. The molecule has 3 aliphatic rings. The Hall–Kier alpha value is -2.46. The molecule has 1 aromatic carbocycles. The van der Waals surface area contributed by atoms with E-state index in [4.69, 9.17) is 0 Å². The number of benzene rings is 1. The molecule has 3 heterocycles. The Morgan fingerprint density at radius 3 is 2.70 bits per heavy atom. The van der Waals surface area contributed by atoms with Gasteiger partial charge in [-0.2, -0.15) is 13.2 Å². The fraction of sp³-hybridized carbons (Fsp3) is 0.550. The minimum absolute atomic E-state index is 0.0176. The normalized spacial score (nSPS) is 27.2. The molecule has 0 radical (unpaired) electrons. The molecule has 4 rings (SSSR count). The van der Waals surface area contributed by atoms with Gasteiger partial charge in [0.2, 0.25) is 11.8 Å². The number of hydrogen-bond acceptors (Lipinski definition) is 5. The van der Waals surface area contributed by atoms with Crippen LogP contribution in [0.25, 0.3) is 0 Å². The van der Waals surface area contributed by atoms with E-state index in [-0.39, 0.29) is 37.2 Å². The molecular formula is C20H23F3N4O3. The van der Waals surface area contributed by atoms with Crippen molar-refractivity contribution in [1.82, 2.24) is 20.9 Å². The first kappa shape index (κ1) is 20.8. The van der Waals surface area contributed by atoms with Crippen molar-refractivity contribution >= 4 is 17.7 Å². The lowest BCUT2D eigenvalue weighted by atomic mass is 9.98. The first-order valence-corrected chi connectivity index (χ1v) is 10.0. The number of piperidine rings is 2. The van der Waals surface area contributed by atoms with Gasteiger partial charge in [0.05, 0.1) is 0 Å². The summed E-state index contributed by atoms with van der Waals surface area (Å²) >= 11 is 0. The van der Waals surface area contributed by atoms with E-state index < -0.39 is 24.2 Å². The molecule has 3 atom stereocenters. The van der Waals surface area contributed by atoms with Gasteiger partial charge in [0, 0.05) is 31.1 Å². The van der Waals surface area contributed by atoms with E-state index in [1.54, 1.807) is 12.1 Å². The van der Waals surface area contributed by atoms with E-state index in [1.165, 1.54) is 4.90 Å². The molecule has 3 amide bonds. The zero-order valence-corrected chi connectivity index (χ0v) is 16.2. The molecule has 7 nitrogen and oxygen atoms in total. The van der Waals surface area contributed by atoms with Crippen molar-refractivity contribution in [2.24, 2.45) is 0 Å². The fourth-order valence-corrected chi connectivity index (χ4v) is 4.35. The number of rotatable bonds is 4. The van der Waals surface area contributed by atoms with Crippen molar-refractivity contribution in [3.05, 3.63) is 34.9 Å². The molecule has 0 aliphatic carbocycles. The lowest BCUT2D eigenvalue weighted by Gasteiger charge is -2.32. The Kier molecular flexibility index (Phi) is 5.54. The van der Waals surface area contributed by atoms with Crippen molar-refractivity contribution < 1.29 is 27.6 Å². The van der Waals surface area contributed by atoms with E-state index >= 15 is 0 Å². The van der Waals surface area contributed by atoms with Gasteiger partial charge in [-0.25, -0.2) is 0 Å². The van der Waals surface area contributed by atoms with Crippen LogP contribution in [-0.2, 0) is 22.7 Å². The van der Waals surface area contributed by atoms with Gasteiger partial charge in [-0.05, 0) is 43.0 Å². The predicted octanol–water partition coefficient (Wildman–Crippen LogP) is 1.22. The molecule has 0 aromatic heterocycles. The molecule has 2 fully saturated rings. The highest BCUT2D eigenvalue weighted by Gasteiger charge is 2.42. The summed E-state index contributed by atoms with van der Waals surface area (Å²) in [5.74, 6) is -1.04. The Balaban J connectivity index is 1.38. The number of alkyl halides is 3. The quantitative estimate of drug-likeness (QED) is 0.633. The van der Waals surface area contributed by atoms with Crippen molar-refractivity contribution in [2.75, 3.05) is 6.54 Å². The smallest absolute Gasteiger partial charge is 0.322 e. The fourth-order valence-electron chi connectivity index (χ4n) is 4.35. The second-order valence-corrected chi connectivity index (χ2v) is 8.04. The van der Waals surface area contributed by atoms with Gasteiger partial charge in [0.1, 0.15) is 12.1 Å². The van der Waals surface area contributed by atoms with E-state index in [0.29, 0.717) is 31.5 Å². The monoisotopic (exact) mass is 424 g/mol. The van der Waals surface area contributed by atoms with Gasteiger partial charge in [0.25, 0.3) is 5.91 Å². The topological polar surface area (TPSA) is 90.5 Å². The molecule has 10 heteroatoms. The molecular weight excluding hydrogens is 401 g/mol. The summed E-state index contributed by atoms with van der Waals surface area (Å²) in [5, 5.41) is 7.96. The van der Waals surface area contributed by atoms with Crippen molar-refractivity contribution in [3.63, 3.8) is 0 Å². The highest BCUT2D eigenvalue weighted by molar-refractivity contribution is 6.05. The Morgan fingerprint density at radius 1 is 1.17 bits per heavy atom. The zero-order valence-electron chi connectivity index (χ0n) is 16.2. The first-order valence-electron chi connectivity index (χ1n) is 10.0. The van der Waals surface area contributed by atoms with Crippen LogP contribution < -0.4 is 16.0 Å². The molecule has 30 heavy (non-hydrogen) atoms. The van der Waals surface area contributed by atoms with Gasteiger partial charge in [-0.1, -0.05) is 12.1 Å². The molecule has 3 N–H and O–H groups in total. The number of hydrogen-bond donors (Lipinski definition) is 3. The maximum absolute atomic E-state index is 12.9. The molecule has 1 unspecified atom stereocenters. The van der Waals surface area contributed by atoms with Crippen LogP contribution in [0.15, 0.2) is 18.2 Å². The third-order valence-corrected chi connectivity index (χ3v) is 5.98. The van der Waals surface area contributed by atoms with Gasteiger partial charge in [-0.3, -0.25) is 19.7 Å². The minimum Gasteiger partial charge on any atom is -0.322 e. The predicted molar refractivity (Wildman–Crippen MR) is 100 cm³/mol. The van der Waals surface area contributed by atoms with Crippen LogP contribution in [0.3, 0.4) is 0 Å². The van der Waals surface area contributed by atoms with Crippen molar-refractivity contribution in [3.8, 4) is 0 Å². The third-order valence-electron chi connectivity index (χ3n) is 5.98. The number of carbonyl (C=O) groups is 3. The lowest BCUT2D eigenvalue weighted by molar-refractivity contribution is -0.161. The number of fused-ring (bicyclic) bond motifs is 1. The van der Waals surface area contributed by atoms with Gasteiger partial charge in [0.15, 0.2) is 0 Å². The number of nitrogens with zero attached hydrogens (tertiary/aromatic N) is 1. The number of imide groups is 1. The van der Waals surface area contributed by atoms with Crippen LogP contribution in [0.1, 0.15) is 47.2 Å². The second kappa shape index (κ2) is 7.99. The van der Waals surface area contributed by atoms with Crippen LogP contribution in [0, 0.1) is 0 Å². The van der Waals surface area contributed by atoms with Crippen molar-refractivity contribution in [1.29, 1.82) is 0 Å². The minimum atomic E-state index is -4.26. The van der Waals surface area contributed by atoms with Crippen LogP contribution >= 0.6 is 0 Å². The van der Waals surface area contributed by atoms with E-state index in [2.05, 4.69) is 16.0 Å². The van der Waals surface area contributed by atoms with Crippen LogP contribution in [0.4, 0.5) is 13.2 Å². The Bertz CT molecular complexity index is 873. The number of carbonyl (C=O) groups excluding carboxylic acids is 3. The average Bonchev–Trinajstić information content (AvgIpc) is 3.02. The van der Waals surface area contributed by atoms with Gasteiger partial charge in [-0.15, -0.1) is 0 Å².